The Hall–Kier alpha value is -1.86. The van der Waals surface area contributed by atoms with Crippen LogP contribution in [-0.2, 0) is 17.1 Å². The summed E-state index contributed by atoms with van der Waals surface area (Å²) in [5.74, 6) is 0.220. The van der Waals surface area contributed by atoms with Gasteiger partial charge in [0.2, 0.25) is 0 Å². The predicted molar refractivity (Wildman–Crippen MR) is 92.7 cm³/mol. The number of piperidine rings is 1. The van der Waals surface area contributed by atoms with Gasteiger partial charge in [-0.15, -0.1) is 0 Å². The molecule has 2 aliphatic rings. The van der Waals surface area contributed by atoms with Gasteiger partial charge in [0.1, 0.15) is 0 Å². The van der Waals surface area contributed by atoms with E-state index >= 15 is 0 Å². The Balaban J connectivity index is 1.86. The van der Waals surface area contributed by atoms with Crippen LogP contribution in [0.2, 0.25) is 0 Å². The molecule has 0 aliphatic carbocycles. The van der Waals surface area contributed by atoms with Crippen molar-refractivity contribution in [2.75, 3.05) is 24.4 Å². The predicted octanol–water partition coefficient (Wildman–Crippen LogP) is 1.73. The maximum atomic E-state index is 13.3. The van der Waals surface area contributed by atoms with E-state index in [4.69, 9.17) is 0 Å². The van der Waals surface area contributed by atoms with E-state index in [0.29, 0.717) is 0 Å². The Morgan fingerprint density at radius 3 is 2.71 bits per heavy atom. The Morgan fingerprint density at radius 1 is 1.21 bits per heavy atom. The molecule has 24 heavy (non-hydrogen) atoms. The molecule has 3 heterocycles. The Labute approximate surface area is 142 Å². The maximum Gasteiger partial charge on any atom is 0.283 e. The fraction of sp³-hybridized carbons (Fsp3) is 0.471. The van der Waals surface area contributed by atoms with Gasteiger partial charge in [0.25, 0.3) is 10.0 Å². The van der Waals surface area contributed by atoms with Gasteiger partial charge >= 0.3 is 0 Å². The van der Waals surface area contributed by atoms with E-state index in [9.17, 15) is 8.42 Å². The molecule has 1 saturated heterocycles. The molecule has 1 aromatic heterocycles. The summed E-state index contributed by atoms with van der Waals surface area (Å²) >= 11 is 0. The van der Waals surface area contributed by atoms with Crippen molar-refractivity contribution < 1.29 is 8.42 Å². The zero-order valence-electron chi connectivity index (χ0n) is 14.2. The van der Waals surface area contributed by atoms with Crippen LogP contribution in [0.3, 0.4) is 0 Å². The molecule has 0 bridgehead atoms. The molecule has 1 fully saturated rings. The second-order valence-electron chi connectivity index (χ2n) is 6.92. The number of sulfonamides is 1. The van der Waals surface area contributed by atoms with E-state index in [1.165, 1.54) is 4.68 Å². The number of benzene rings is 1. The summed E-state index contributed by atoms with van der Waals surface area (Å²) < 4.78 is 29.7. The lowest BCUT2D eigenvalue weighted by Gasteiger charge is -2.36. The molecule has 0 spiro atoms. The number of aryl methyl sites for hydroxylation is 2. The molecule has 7 heteroatoms. The first-order valence-electron chi connectivity index (χ1n) is 8.21. The van der Waals surface area contributed by atoms with Crippen molar-refractivity contribution in [3.8, 4) is 0 Å². The first-order chi connectivity index (χ1) is 11.4. The molecule has 0 radical (unpaired) electrons. The normalized spacial score (nSPS) is 24.0. The van der Waals surface area contributed by atoms with Crippen molar-refractivity contribution in [1.82, 2.24) is 14.7 Å². The zero-order chi connectivity index (χ0) is 17.1. The van der Waals surface area contributed by atoms with Crippen molar-refractivity contribution in [3.05, 3.63) is 41.6 Å². The summed E-state index contributed by atoms with van der Waals surface area (Å²) in [4.78, 5) is 2.28. The summed E-state index contributed by atoms with van der Waals surface area (Å²) in [6, 6.07) is 7.63. The van der Waals surface area contributed by atoms with Gasteiger partial charge in [-0.05, 0) is 44.6 Å². The second-order valence-corrected chi connectivity index (χ2v) is 8.68. The molecule has 2 aromatic rings. The van der Waals surface area contributed by atoms with Crippen LogP contribution in [0.5, 0.6) is 0 Å². The lowest BCUT2D eigenvalue weighted by atomic mass is 9.89. The Morgan fingerprint density at radius 2 is 2.00 bits per heavy atom. The van der Waals surface area contributed by atoms with Gasteiger partial charge < -0.3 is 4.90 Å². The molecule has 0 N–H and O–H groups in total. The average molecular weight is 346 g/mol. The molecule has 128 valence electrons. The van der Waals surface area contributed by atoms with Crippen LogP contribution in [0.15, 0.2) is 35.5 Å². The van der Waals surface area contributed by atoms with Gasteiger partial charge in [0.05, 0.1) is 11.7 Å². The minimum atomic E-state index is -3.65. The molecular formula is C17H22N4O2S. The van der Waals surface area contributed by atoms with Crippen LogP contribution in [0.1, 0.15) is 23.5 Å². The van der Waals surface area contributed by atoms with Gasteiger partial charge in [0.15, 0.2) is 5.03 Å². The van der Waals surface area contributed by atoms with Gasteiger partial charge in [-0.3, -0.25) is 8.99 Å². The first-order valence-corrected chi connectivity index (χ1v) is 9.65. The van der Waals surface area contributed by atoms with Gasteiger partial charge in [-0.1, -0.05) is 17.7 Å². The van der Waals surface area contributed by atoms with Gasteiger partial charge in [-0.25, -0.2) is 0 Å². The highest BCUT2D eigenvalue weighted by atomic mass is 32.2. The second kappa shape index (κ2) is 5.32. The van der Waals surface area contributed by atoms with E-state index in [-0.39, 0.29) is 17.0 Å². The summed E-state index contributed by atoms with van der Waals surface area (Å²) in [7, 11) is 0.184. The number of likely N-dealkylation sites (N-methyl/N-ethyl adjacent to an activating group) is 1. The number of hydrogen-bond acceptors (Lipinski definition) is 4. The number of fused-ring (bicyclic) bond motifs is 3. The standard InChI is InChI=1S/C17H22N4O2S/c1-12-4-5-15-13(10-12)14-11-19(2)8-6-16(14)21(15)24(22,23)17-7-9-20(3)18-17/h4-5,7,9-10,14,16H,6,8,11H2,1-3H3/t14-,16-/m1/s1. The number of rotatable bonds is 2. The van der Waals surface area contributed by atoms with Gasteiger partial charge in [-0.2, -0.15) is 13.5 Å². The first kappa shape index (κ1) is 15.7. The SMILES string of the molecule is Cc1ccc2c(c1)[C@H]1CN(C)CC[C@H]1N2S(=O)(=O)c1ccn(C)n1. The van der Waals surface area contributed by atoms with Crippen molar-refractivity contribution in [3.63, 3.8) is 0 Å². The Kier molecular flexibility index (Phi) is 3.47. The van der Waals surface area contributed by atoms with E-state index in [2.05, 4.69) is 30.0 Å². The highest BCUT2D eigenvalue weighted by Crippen LogP contribution is 2.47. The zero-order valence-corrected chi connectivity index (χ0v) is 15.0. The fourth-order valence-corrected chi connectivity index (χ4v) is 5.68. The molecule has 6 nitrogen and oxygen atoms in total. The third-order valence-corrected chi connectivity index (χ3v) is 6.84. The minimum Gasteiger partial charge on any atom is -0.306 e. The highest BCUT2D eigenvalue weighted by molar-refractivity contribution is 7.92. The molecule has 0 unspecified atom stereocenters. The summed E-state index contributed by atoms with van der Waals surface area (Å²) in [6.45, 7) is 3.84. The number of anilines is 1. The molecule has 4 rings (SSSR count). The fourth-order valence-electron chi connectivity index (χ4n) is 3.98. The van der Waals surface area contributed by atoms with Crippen molar-refractivity contribution in [2.24, 2.45) is 7.05 Å². The number of likely N-dealkylation sites (tertiary alicyclic amines) is 1. The molecule has 0 saturated carbocycles. The third-order valence-electron chi connectivity index (χ3n) is 5.11. The molecule has 2 aliphatic heterocycles. The highest BCUT2D eigenvalue weighted by Gasteiger charge is 2.47. The van der Waals surface area contributed by atoms with Crippen molar-refractivity contribution >= 4 is 15.7 Å². The monoisotopic (exact) mass is 346 g/mol. The van der Waals surface area contributed by atoms with E-state index in [1.807, 2.05) is 12.1 Å². The van der Waals surface area contributed by atoms with Crippen LogP contribution < -0.4 is 4.31 Å². The lowest BCUT2D eigenvalue weighted by molar-refractivity contribution is 0.237. The topological polar surface area (TPSA) is 58.4 Å². The van der Waals surface area contributed by atoms with E-state index in [1.54, 1.807) is 23.6 Å². The number of aromatic nitrogens is 2. The van der Waals surface area contributed by atoms with Crippen LogP contribution >= 0.6 is 0 Å². The van der Waals surface area contributed by atoms with Crippen LogP contribution in [0, 0.1) is 6.92 Å². The number of nitrogens with zero attached hydrogens (tertiary/aromatic N) is 4. The summed E-state index contributed by atoms with van der Waals surface area (Å²) in [6.07, 6.45) is 2.51. The van der Waals surface area contributed by atoms with Gasteiger partial charge in [0, 0.05) is 25.7 Å². The van der Waals surface area contributed by atoms with Crippen molar-refractivity contribution in [1.29, 1.82) is 0 Å². The number of hydrogen-bond donors (Lipinski definition) is 0. The molecular weight excluding hydrogens is 324 g/mol. The molecule has 2 atom stereocenters. The van der Waals surface area contributed by atoms with Crippen LogP contribution in [-0.4, -0.2) is 49.3 Å². The van der Waals surface area contributed by atoms with Crippen LogP contribution in [0.4, 0.5) is 5.69 Å². The summed E-state index contributed by atoms with van der Waals surface area (Å²) in [5, 5.41) is 4.27. The largest absolute Gasteiger partial charge is 0.306 e. The van der Waals surface area contributed by atoms with E-state index in [0.717, 1.165) is 36.3 Å². The lowest BCUT2D eigenvalue weighted by Crippen LogP contribution is -2.47. The average Bonchev–Trinajstić information content (AvgIpc) is 3.09. The third kappa shape index (κ3) is 2.26. The van der Waals surface area contributed by atoms with Crippen LogP contribution in [0.25, 0.3) is 0 Å². The van der Waals surface area contributed by atoms with Crippen molar-refractivity contribution in [2.45, 2.75) is 30.3 Å². The molecule has 1 aromatic carbocycles. The minimum absolute atomic E-state index is 0.0231. The summed E-state index contributed by atoms with van der Waals surface area (Å²) in [5.41, 5.74) is 3.13. The quantitative estimate of drug-likeness (QED) is 0.831. The Bertz CT molecular complexity index is 890. The smallest absolute Gasteiger partial charge is 0.283 e. The molecule has 0 amide bonds. The maximum absolute atomic E-state index is 13.3. The van der Waals surface area contributed by atoms with E-state index < -0.39 is 10.0 Å².